The van der Waals surface area contributed by atoms with Crippen molar-refractivity contribution in [1.29, 1.82) is 0 Å². The van der Waals surface area contributed by atoms with Crippen LogP contribution < -0.4 is 9.64 Å². The molecule has 3 rings (SSSR count). The van der Waals surface area contributed by atoms with Gasteiger partial charge in [0.1, 0.15) is 5.75 Å². The number of rotatable bonds is 3. The fourth-order valence-corrected chi connectivity index (χ4v) is 2.85. The molecule has 0 aliphatic carbocycles. The molecule has 1 amide bonds. The molecule has 0 bridgehead atoms. The highest BCUT2D eigenvalue weighted by Crippen LogP contribution is 2.34. The molecule has 1 atom stereocenters. The Bertz CT molecular complexity index is 652. The Hall–Kier alpha value is -2.29. The Morgan fingerprint density at radius 2 is 1.95 bits per heavy atom. The van der Waals surface area contributed by atoms with Crippen molar-refractivity contribution >= 4 is 11.6 Å². The molecule has 3 nitrogen and oxygen atoms in total. The zero-order valence-corrected chi connectivity index (χ0v) is 12.4. The average molecular weight is 281 g/mol. The van der Waals surface area contributed by atoms with Crippen LogP contribution in [0.25, 0.3) is 0 Å². The Morgan fingerprint density at radius 1 is 1.19 bits per heavy atom. The van der Waals surface area contributed by atoms with Crippen LogP contribution in [0, 0.1) is 5.92 Å². The minimum atomic E-state index is 0.00770. The number of nitrogens with zero attached hydrogens (tertiary/aromatic N) is 1. The van der Waals surface area contributed by atoms with Gasteiger partial charge in [0, 0.05) is 11.6 Å². The van der Waals surface area contributed by atoms with Gasteiger partial charge in [0.25, 0.3) is 0 Å². The van der Waals surface area contributed by atoms with Crippen molar-refractivity contribution in [3.63, 3.8) is 0 Å². The van der Waals surface area contributed by atoms with Crippen molar-refractivity contribution < 1.29 is 9.53 Å². The average Bonchev–Trinajstić information content (AvgIpc) is 2.52. The minimum absolute atomic E-state index is 0.00770. The first kappa shape index (κ1) is 13.7. The third-order valence-electron chi connectivity index (χ3n) is 3.97. The molecule has 0 fully saturated rings. The summed E-state index contributed by atoms with van der Waals surface area (Å²) >= 11 is 0. The first-order chi connectivity index (χ1) is 10.2. The molecule has 1 heterocycles. The second-order valence-electron chi connectivity index (χ2n) is 5.51. The van der Waals surface area contributed by atoms with Crippen molar-refractivity contribution in [2.45, 2.75) is 19.9 Å². The van der Waals surface area contributed by atoms with E-state index in [0.29, 0.717) is 6.54 Å². The lowest BCUT2D eigenvalue weighted by molar-refractivity contribution is -0.122. The van der Waals surface area contributed by atoms with Crippen molar-refractivity contribution in [3.05, 3.63) is 59.7 Å². The van der Waals surface area contributed by atoms with E-state index in [0.717, 1.165) is 23.4 Å². The van der Waals surface area contributed by atoms with Crippen LogP contribution in [0.5, 0.6) is 5.75 Å². The number of benzene rings is 2. The summed E-state index contributed by atoms with van der Waals surface area (Å²) < 4.78 is 5.29. The summed E-state index contributed by atoms with van der Waals surface area (Å²) in [5, 5.41) is 0. The van der Waals surface area contributed by atoms with Gasteiger partial charge in [-0.05, 0) is 35.7 Å². The molecule has 0 spiro atoms. The fourth-order valence-electron chi connectivity index (χ4n) is 2.85. The zero-order chi connectivity index (χ0) is 14.8. The van der Waals surface area contributed by atoms with Crippen molar-refractivity contribution in [3.8, 4) is 5.75 Å². The van der Waals surface area contributed by atoms with Crippen LogP contribution in [-0.2, 0) is 17.8 Å². The molecule has 21 heavy (non-hydrogen) atoms. The van der Waals surface area contributed by atoms with E-state index in [1.807, 2.05) is 48.2 Å². The first-order valence-corrected chi connectivity index (χ1v) is 7.21. The fraction of sp³-hybridized carbons (Fsp3) is 0.278. The molecule has 1 aliphatic rings. The molecule has 1 unspecified atom stereocenters. The minimum Gasteiger partial charge on any atom is -0.497 e. The molecule has 108 valence electrons. The van der Waals surface area contributed by atoms with E-state index in [1.54, 1.807) is 7.11 Å². The molecule has 0 saturated heterocycles. The van der Waals surface area contributed by atoms with E-state index >= 15 is 0 Å². The molecule has 2 aromatic rings. The van der Waals surface area contributed by atoms with Crippen LogP contribution in [0.4, 0.5) is 5.69 Å². The van der Waals surface area contributed by atoms with Crippen LogP contribution in [0.3, 0.4) is 0 Å². The number of carbonyl (C=O) groups is 1. The Kier molecular flexibility index (Phi) is 3.65. The second-order valence-corrected chi connectivity index (χ2v) is 5.51. The number of anilines is 1. The normalized spacial score (nSPS) is 17.5. The molecule has 3 heteroatoms. The molecule has 0 aromatic heterocycles. The van der Waals surface area contributed by atoms with Crippen LogP contribution in [0.1, 0.15) is 18.1 Å². The molecule has 2 aromatic carbocycles. The second kappa shape index (κ2) is 5.60. The lowest BCUT2D eigenvalue weighted by Crippen LogP contribution is -2.39. The van der Waals surface area contributed by atoms with E-state index in [-0.39, 0.29) is 11.8 Å². The molecule has 1 aliphatic heterocycles. The van der Waals surface area contributed by atoms with Crippen LogP contribution in [-0.4, -0.2) is 13.0 Å². The van der Waals surface area contributed by atoms with Gasteiger partial charge in [-0.15, -0.1) is 0 Å². The van der Waals surface area contributed by atoms with Crippen LogP contribution >= 0.6 is 0 Å². The molecule has 0 N–H and O–H groups in total. The van der Waals surface area contributed by atoms with Gasteiger partial charge in [-0.25, -0.2) is 0 Å². The largest absolute Gasteiger partial charge is 0.497 e. The van der Waals surface area contributed by atoms with Crippen molar-refractivity contribution in [2.24, 2.45) is 5.92 Å². The van der Waals surface area contributed by atoms with Crippen LogP contribution in [0.15, 0.2) is 48.5 Å². The SMILES string of the molecule is COc1ccc2c(c1)CC(C)C(=O)N2Cc1ccccc1. The van der Waals surface area contributed by atoms with Gasteiger partial charge in [0.15, 0.2) is 0 Å². The highest BCUT2D eigenvalue weighted by molar-refractivity contribution is 5.97. The van der Waals surface area contributed by atoms with E-state index in [4.69, 9.17) is 4.74 Å². The molecule has 0 saturated carbocycles. The number of methoxy groups -OCH3 is 1. The van der Waals surface area contributed by atoms with Gasteiger partial charge in [0.2, 0.25) is 5.91 Å². The quantitative estimate of drug-likeness (QED) is 0.862. The standard InChI is InChI=1S/C18H19NO2/c1-13-10-15-11-16(21-2)8-9-17(15)19(18(13)20)12-14-6-4-3-5-7-14/h3-9,11,13H,10,12H2,1-2H3. The number of amides is 1. The number of ether oxygens (including phenoxy) is 1. The van der Waals surface area contributed by atoms with Gasteiger partial charge in [-0.3, -0.25) is 4.79 Å². The predicted octanol–water partition coefficient (Wildman–Crippen LogP) is 3.42. The topological polar surface area (TPSA) is 29.5 Å². The number of fused-ring (bicyclic) bond motifs is 1. The van der Waals surface area contributed by atoms with Crippen LogP contribution in [0.2, 0.25) is 0 Å². The predicted molar refractivity (Wildman–Crippen MR) is 83.5 cm³/mol. The van der Waals surface area contributed by atoms with Gasteiger partial charge in [-0.1, -0.05) is 37.3 Å². The summed E-state index contributed by atoms with van der Waals surface area (Å²) in [7, 11) is 1.67. The summed E-state index contributed by atoms with van der Waals surface area (Å²) in [6.07, 6.45) is 0.774. The third kappa shape index (κ3) is 2.64. The first-order valence-electron chi connectivity index (χ1n) is 7.21. The summed E-state index contributed by atoms with van der Waals surface area (Å²) in [6, 6.07) is 16.0. The maximum Gasteiger partial charge on any atom is 0.230 e. The monoisotopic (exact) mass is 281 g/mol. The third-order valence-corrected chi connectivity index (χ3v) is 3.97. The number of hydrogen-bond acceptors (Lipinski definition) is 2. The summed E-state index contributed by atoms with van der Waals surface area (Å²) in [4.78, 5) is 14.4. The smallest absolute Gasteiger partial charge is 0.230 e. The van der Waals surface area contributed by atoms with Gasteiger partial charge >= 0.3 is 0 Å². The van der Waals surface area contributed by atoms with Crippen molar-refractivity contribution in [1.82, 2.24) is 0 Å². The summed E-state index contributed by atoms with van der Waals surface area (Å²) in [5.41, 5.74) is 3.32. The highest BCUT2D eigenvalue weighted by atomic mass is 16.5. The number of carbonyl (C=O) groups excluding carboxylic acids is 1. The van der Waals surface area contributed by atoms with E-state index in [9.17, 15) is 4.79 Å². The summed E-state index contributed by atoms with van der Waals surface area (Å²) in [5.74, 6) is 1.04. The maximum atomic E-state index is 12.5. The van der Waals surface area contributed by atoms with E-state index in [1.165, 1.54) is 5.56 Å². The Balaban J connectivity index is 1.98. The highest BCUT2D eigenvalue weighted by Gasteiger charge is 2.30. The lowest BCUT2D eigenvalue weighted by atomic mass is 9.92. The van der Waals surface area contributed by atoms with Gasteiger partial charge in [0.05, 0.1) is 13.7 Å². The summed E-state index contributed by atoms with van der Waals surface area (Å²) in [6.45, 7) is 2.60. The lowest BCUT2D eigenvalue weighted by Gasteiger charge is -2.33. The maximum absolute atomic E-state index is 12.5. The van der Waals surface area contributed by atoms with E-state index in [2.05, 4.69) is 12.1 Å². The molecular formula is C18H19NO2. The molecular weight excluding hydrogens is 262 g/mol. The van der Waals surface area contributed by atoms with Gasteiger partial charge < -0.3 is 9.64 Å². The van der Waals surface area contributed by atoms with E-state index < -0.39 is 0 Å². The zero-order valence-electron chi connectivity index (χ0n) is 12.4. The molecule has 0 radical (unpaired) electrons. The van der Waals surface area contributed by atoms with Gasteiger partial charge in [-0.2, -0.15) is 0 Å². The van der Waals surface area contributed by atoms with Crippen molar-refractivity contribution in [2.75, 3.05) is 12.0 Å². The Morgan fingerprint density at radius 3 is 2.67 bits per heavy atom. The Labute approximate surface area is 125 Å². The number of hydrogen-bond donors (Lipinski definition) is 0.